The molecule has 3 rings (SSSR count). The van der Waals surface area contributed by atoms with Crippen LogP contribution < -0.4 is 10.2 Å². The molecular formula is C20H19ClN2O3. The zero-order chi connectivity index (χ0) is 18.7. The average molecular weight is 371 g/mol. The summed E-state index contributed by atoms with van der Waals surface area (Å²) < 4.78 is 0. The normalized spacial score (nSPS) is 12.8. The van der Waals surface area contributed by atoms with E-state index in [2.05, 4.69) is 5.32 Å². The summed E-state index contributed by atoms with van der Waals surface area (Å²) in [6.45, 7) is 0.279. The van der Waals surface area contributed by atoms with Crippen LogP contribution >= 0.6 is 11.6 Å². The Morgan fingerprint density at radius 2 is 1.88 bits per heavy atom. The molecule has 0 atom stereocenters. The van der Waals surface area contributed by atoms with Crippen molar-refractivity contribution in [2.24, 2.45) is 0 Å². The van der Waals surface area contributed by atoms with Crippen molar-refractivity contribution < 1.29 is 14.4 Å². The van der Waals surface area contributed by atoms with E-state index in [4.69, 9.17) is 11.6 Å². The number of hydrogen-bond donors (Lipinski definition) is 1. The van der Waals surface area contributed by atoms with Crippen LogP contribution in [0.5, 0.6) is 0 Å². The van der Waals surface area contributed by atoms with E-state index in [9.17, 15) is 14.4 Å². The molecule has 6 heteroatoms. The highest BCUT2D eigenvalue weighted by Gasteiger charge is 2.24. The molecule has 1 aliphatic rings. The number of fused-ring (bicyclic) bond motifs is 1. The van der Waals surface area contributed by atoms with E-state index in [1.54, 1.807) is 54.4 Å². The fourth-order valence-corrected chi connectivity index (χ4v) is 3.08. The van der Waals surface area contributed by atoms with Gasteiger partial charge >= 0.3 is 0 Å². The van der Waals surface area contributed by atoms with Gasteiger partial charge in [0.05, 0.1) is 12.8 Å². The third-order valence-electron chi connectivity index (χ3n) is 4.43. The van der Waals surface area contributed by atoms with Gasteiger partial charge in [-0.05, 0) is 41.5 Å². The minimum Gasteiger partial charge on any atom is -0.355 e. The number of hydrogen-bond acceptors (Lipinski definition) is 3. The maximum atomic E-state index is 12.3. The van der Waals surface area contributed by atoms with Gasteiger partial charge in [-0.15, -0.1) is 0 Å². The quantitative estimate of drug-likeness (QED) is 0.795. The molecular weight excluding hydrogens is 352 g/mol. The minimum absolute atomic E-state index is 0.0269. The Hall–Kier alpha value is -2.66. The lowest BCUT2D eigenvalue weighted by molar-refractivity contribution is -0.120. The van der Waals surface area contributed by atoms with Crippen LogP contribution in [0.4, 0.5) is 5.69 Å². The van der Waals surface area contributed by atoms with Crippen molar-refractivity contribution in [2.75, 3.05) is 18.5 Å². The smallest absolute Gasteiger partial charge is 0.231 e. The lowest BCUT2D eigenvalue weighted by Crippen LogP contribution is -2.27. The van der Waals surface area contributed by atoms with Crippen LogP contribution in [0.3, 0.4) is 0 Å². The Kier molecular flexibility index (Phi) is 5.38. The van der Waals surface area contributed by atoms with Crippen LogP contribution in [0.25, 0.3) is 0 Å². The van der Waals surface area contributed by atoms with Crippen molar-refractivity contribution in [1.29, 1.82) is 0 Å². The molecule has 0 aliphatic carbocycles. The number of nitrogens with one attached hydrogen (secondary N) is 1. The molecule has 0 spiro atoms. The SMILES string of the molecule is CN1C(=O)Cc2cc(C(=O)CCNC(=O)Cc3ccc(Cl)cc3)ccc21. The molecule has 26 heavy (non-hydrogen) atoms. The number of anilines is 1. The van der Waals surface area contributed by atoms with Crippen LogP contribution in [0.1, 0.15) is 27.9 Å². The van der Waals surface area contributed by atoms with Crippen molar-refractivity contribution >= 4 is 34.9 Å². The summed E-state index contributed by atoms with van der Waals surface area (Å²) in [6.07, 6.45) is 0.790. The zero-order valence-corrected chi connectivity index (χ0v) is 15.2. The van der Waals surface area contributed by atoms with Gasteiger partial charge in [0.15, 0.2) is 5.78 Å². The van der Waals surface area contributed by atoms with Gasteiger partial charge in [0, 0.05) is 36.3 Å². The maximum absolute atomic E-state index is 12.3. The van der Waals surface area contributed by atoms with E-state index in [1.807, 2.05) is 0 Å². The van der Waals surface area contributed by atoms with E-state index in [1.165, 1.54) is 0 Å². The monoisotopic (exact) mass is 370 g/mol. The number of halogens is 1. The lowest BCUT2D eigenvalue weighted by atomic mass is 10.0. The number of benzene rings is 2. The molecule has 0 saturated carbocycles. The molecule has 1 heterocycles. The molecule has 134 valence electrons. The summed E-state index contributed by atoms with van der Waals surface area (Å²) in [6, 6.07) is 12.4. The highest BCUT2D eigenvalue weighted by molar-refractivity contribution is 6.30. The zero-order valence-electron chi connectivity index (χ0n) is 14.4. The van der Waals surface area contributed by atoms with Crippen LogP contribution in [0.15, 0.2) is 42.5 Å². The van der Waals surface area contributed by atoms with E-state index in [0.717, 1.165) is 16.8 Å². The standard InChI is InChI=1S/C20H19ClN2O3/c1-23-17-7-4-14(11-15(17)12-20(23)26)18(24)8-9-22-19(25)10-13-2-5-16(21)6-3-13/h2-7,11H,8-10,12H2,1H3,(H,22,25). The number of carbonyl (C=O) groups excluding carboxylic acids is 3. The number of likely N-dealkylation sites (N-methyl/N-ethyl adjacent to an activating group) is 1. The molecule has 2 amide bonds. The van der Waals surface area contributed by atoms with Crippen molar-refractivity contribution in [3.05, 3.63) is 64.2 Å². The van der Waals surface area contributed by atoms with Gasteiger partial charge in [-0.25, -0.2) is 0 Å². The highest BCUT2D eigenvalue weighted by atomic mass is 35.5. The van der Waals surface area contributed by atoms with Gasteiger partial charge in [0.1, 0.15) is 0 Å². The summed E-state index contributed by atoms with van der Waals surface area (Å²) in [5.41, 5.74) is 3.15. The topological polar surface area (TPSA) is 66.5 Å². The van der Waals surface area contributed by atoms with Crippen LogP contribution in [0.2, 0.25) is 5.02 Å². The van der Waals surface area contributed by atoms with Crippen molar-refractivity contribution in [3.63, 3.8) is 0 Å². The molecule has 2 aromatic rings. The van der Waals surface area contributed by atoms with Crippen LogP contribution in [-0.2, 0) is 22.4 Å². The third-order valence-corrected chi connectivity index (χ3v) is 4.68. The Bertz CT molecular complexity index is 862. The first-order valence-electron chi connectivity index (χ1n) is 8.38. The molecule has 0 radical (unpaired) electrons. The van der Waals surface area contributed by atoms with E-state index < -0.39 is 0 Å². The first-order chi connectivity index (χ1) is 12.4. The Balaban J connectivity index is 1.50. The third kappa shape index (κ3) is 4.11. The van der Waals surface area contributed by atoms with E-state index in [0.29, 0.717) is 17.0 Å². The fraction of sp³-hybridized carbons (Fsp3) is 0.250. The summed E-state index contributed by atoms with van der Waals surface area (Å²) in [5.74, 6) is -0.165. The molecule has 1 N–H and O–H groups in total. The predicted octanol–water partition coefficient (Wildman–Crippen LogP) is 2.79. The molecule has 0 saturated heterocycles. The number of rotatable bonds is 6. The van der Waals surface area contributed by atoms with E-state index in [-0.39, 0.29) is 37.0 Å². The molecule has 5 nitrogen and oxygen atoms in total. The van der Waals surface area contributed by atoms with Crippen LogP contribution in [-0.4, -0.2) is 31.2 Å². The first kappa shape index (κ1) is 18.1. The number of carbonyl (C=O) groups is 3. The van der Waals surface area contributed by atoms with Crippen molar-refractivity contribution in [3.8, 4) is 0 Å². The van der Waals surface area contributed by atoms with Crippen molar-refractivity contribution in [1.82, 2.24) is 5.32 Å². The minimum atomic E-state index is -0.138. The highest BCUT2D eigenvalue weighted by Crippen LogP contribution is 2.28. The second-order valence-corrected chi connectivity index (χ2v) is 6.74. The number of Topliss-reactive ketones (excluding diaryl/α,β-unsaturated/α-hetero) is 1. The molecule has 0 aromatic heterocycles. The van der Waals surface area contributed by atoms with Gasteiger partial charge < -0.3 is 10.2 Å². The Morgan fingerprint density at radius 3 is 2.62 bits per heavy atom. The molecule has 0 unspecified atom stereocenters. The predicted molar refractivity (Wildman–Crippen MR) is 101 cm³/mol. The van der Waals surface area contributed by atoms with Gasteiger partial charge in [-0.3, -0.25) is 14.4 Å². The van der Waals surface area contributed by atoms with Gasteiger partial charge in [0.25, 0.3) is 0 Å². The number of nitrogens with zero attached hydrogens (tertiary/aromatic N) is 1. The largest absolute Gasteiger partial charge is 0.355 e. The Labute approximate surface area is 156 Å². The average Bonchev–Trinajstić information content (AvgIpc) is 2.90. The summed E-state index contributed by atoms with van der Waals surface area (Å²) in [5, 5.41) is 3.38. The van der Waals surface area contributed by atoms with Gasteiger partial charge in [0.2, 0.25) is 11.8 Å². The van der Waals surface area contributed by atoms with Gasteiger partial charge in [-0.2, -0.15) is 0 Å². The second kappa shape index (κ2) is 7.70. The van der Waals surface area contributed by atoms with E-state index >= 15 is 0 Å². The lowest BCUT2D eigenvalue weighted by Gasteiger charge is -2.10. The number of amides is 2. The summed E-state index contributed by atoms with van der Waals surface area (Å²) in [7, 11) is 1.73. The summed E-state index contributed by atoms with van der Waals surface area (Å²) >= 11 is 5.82. The Morgan fingerprint density at radius 1 is 1.15 bits per heavy atom. The second-order valence-electron chi connectivity index (χ2n) is 6.30. The number of ketones is 1. The van der Waals surface area contributed by atoms with Crippen molar-refractivity contribution in [2.45, 2.75) is 19.3 Å². The molecule has 0 bridgehead atoms. The molecule has 2 aromatic carbocycles. The molecule has 0 fully saturated rings. The first-order valence-corrected chi connectivity index (χ1v) is 8.75. The maximum Gasteiger partial charge on any atom is 0.231 e. The summed E-state index contributed by atoms with van der Waals surface area (Å²) in [4.78, 5) is 37.6. The van der Waals surface area contributed by atoms with Crippen LogP contribution in [0, 0.1) is 0 Å². The fourth-order valence-electron chi connectivity index (χ4n) is 2.95. The molecule has 1 aliphatic heterocycles. The van der Waals surface area contributed by atoms with Gasteiger partial charge in [-0.1, -0.05) is 23.7 Å².